The zero-order chi connectivity index (χ0) is 24.1. The molecule has 0 aliphatic rings. The molecule has 2 aromatic heterocycles. The average molecular weight is 474 g/mol. The summed E-state index contributed by atoms with van der Waals surface area (Å²) in [5.74, 6) is -0.655. The fourth-order valence-electron chi connectivity index (χ4n) is 3.18. The number of halogens is 1. The van der Waals surface area contributed by atoms with Crippen molar-refractivity contribution in [2.75, 3.05) is 5.32 Å². The van der Waals surface area contributed by atoms with Crippen LogP contribution in [-0.4, -0.2) is 31.8 Å². The number of hydrogen-bond donors (Lipinski definition) is 3. The van der Waals surface area contributed by atoms with E-state index in [1.807, 2.05) is 6.92 Å². The number of amides is 2. The van der Waals surface area contributed by atoms with Crippen molar-refractivity contribution in [2.45, 2.75) is 13.8 Å². The van der Waals surface area contributed by atoms with Gasteiger partial charge < -0.3 is 5.32 Å². The monoisotopic (exact) mass is 473 g/mol. The van der Waals surface area contributed by atoms with E-state index in [1.54, 1.807) is 74.2 Å². The molecule has 0 fully saturated rings. The number of nitrogens with one attached hydrogen (secondary N) is 3. The molecule has 0 unspecified atom stereocenters. The number of aryl methyl sites for hydroxylation is 2. The van der Waals surface area contributed by atoms with Crippen molar-refractivity contribution < 1.29 is 9.59 Å². The molecule has 0 atom stereocenters. The van der Waals surface area contributed by atoms with Gasteiger partial charge in [-0.05, 0) is 49.2 Å². The molecule has 2 amide bonds. The van der Waals surface area contributed by atoms with Gasteiger partial charge in [-0.3, -0.25) is 30.4 Å². The Morgan fingerprint density at radius 1 is 0.853 bits per heavy atom. The van der Waals surface area contributed by atoms with Crippen LogP contribution in [0.3, 0.4) is 0 Å². The average Bonchev–Trinajstić information content (AvgIpc) is 2.84. The van der Waals surface area contributed by atoms with E-state index in [1.165, 1.54) is 0 Å². The number of nitrogens with zero attached hydrogens (tertiary/aromatic N) is 4. The molecule has 170 valence electrons. The first kappa shape index (κ1) is 22.8. The minimum Gasteiger partial charge on any atom is -0.324 e. The molecule has 0 spiro atoms. The third-order valence-corrected chi connectivity index (χ3v) is 5.28. The lowest BCUT2D eigenvalue weighted by atomic mass is 10.1. The molecule has 3 N–H and O–H groups in total. The first-order valence-electron chi connectivity index (χ1n) is 10.3. The van der Waals surface area contributed by atoms with Crippen LogP contribution < -0.4 is 16.2 Å². The van der Waals surface area contributed by atoms with Crippen LogP contribution in [0.1, 0.15) is 31.8 Å². The minimum absolute atomic E-state index is 0.302. The fraction of sp³-hybridized carbons (Fsp3) is 0.0833. The number of aromatic nitrogens is 4. The van der Waals surface area contributed by atoms with Gasteiger partial charge in [-0.1, -0.05) is 29.8 Å². The lowest BCUT2D eigenvalue weighted by Crippen LogP contribution is -2.42. The first-order chi connectivity index (χ1) is 16.4. The van der Waals surface area contributed by atoms with Crippen LogP contribution in [0, 0.1) is 13.8 Å². The highest BCUT2D eigenvalue weighted by Crippen LogP contribution is 2.22. The van der Waals surface area contributed by atoms with Crippen LogP contribution in [0.4, 0.5) is 11.6 Å². The molecule has 10 heteroatoms. The Kier molecular flexibility index (Phi) is 6.74. The molecular formula is C24H20ClN7O2. The topological polar surface area (TPSA) is 122 Å². The Balaban J connectivity index is 1.48. The van der Waals surface area contributed by atoms with E-state index in [0.717, 1.165) is 5.56 Å². The molecule has 0 bridgehead atoms. The predicted octanol–water partition coefficient (Wildman–Crippen LogP) is 4.02. The van der Waals surface area contributed by atoms with E-state index in [9.17, 15) is 9.59 Å². The summed E-state index contributed by atoms with van der Waals surface area (Å²) < 4.78 is 0. The van der Waals surface area contributed by atoms with Gasteiger partial charge in [0, 0.05) is 29.8 Å². The summed E-state index contributed by atoms with van der Waals surface area (Å²) in [6, 6.07) is 11.9. The van der Waals surface area contributed by atoms with Crippen molar-refractivity contribution in [3.05, 3.63) is 94.5 Å². The summed E-state index contributed by atoms with van der Waals surface area (Å²) in [5.41, 5.74) is 8.89. The Hall–Kier alpha value is -4.37. The molecule has 0 aliphatic carbocycles. The van der Waals surface area contributed by atoms with E-state index >= 15 is 0 Å². The number of hydrogen-bond acceptors (Lipinski definition) is 7. The molecular weight excluding hydrogens is 454 g/mol. The van der Waals surface area contributed by atoms with Gasteiger partial charge in [0.2, 0.25) is 5.95 Å². The van der Waals surface area contributed by atoms with Crippen molar-refractivity contribution in [2.24, 2.45) is 0 Å². The minimum atomic E-state index is -0.504. The molecule has 2 aromatic carbocycles. The number of benzene rings is 2. The third-order valence-electron chi connectivity index (χ3n) is 4.97. The van der Waals surface area contributed by atoms with Crippen LogP contribution in [0.25, 0.3) is 11.4 Å². The summed E-state index contributed by atoms with van der Waals surface area (Å²) in [7, 11) is 0. The molecule has 34 heavy (non-hydrogen) atoms. The van der Waals surface area contributed by atoms with Gasteiger partial charge in [-0.15, -0.1) is 0 Å². The van der Waals surface area contributed by atoms with Crippen molar-refractivity contribution in [1.82, 2.24) is 30.8 Å². The Bertz CT molecular complexity index is 1340. The number of carbonyl (C=O) groups is 2. The van der Waals surface area contributed by atoms with E-state index in [-0.39, 0.29) is 0 Å². The Morgan fingerprint density at radius 2 is 1.68 bits per heavy atom. The quantitative estimate of drug-likeness (QED) is 0.374. The van der Waals surface area contributed by atoms with Gasteiger partial charge in [0.25, 0.3) is 11.8 Å². The van der Waals surface area contributed by atoms with Crippen LogP contribution in [0.2, 0.25) is 5.02 Å². The summed E-state index contributed by atoms with van der Waals surface area (Å²) in [6.45, 7) is 3.65. The van der Waals surface area contributed by atoms with Crippen molar-refractivity contribution in [1.29, 1.82) is 0 Å². The molecule has 0 radical (unpaired) electrons. The second kappa shape index (κ2) is 10.1. The maximum Gasteiger partial charge on any atom is 0.271 e. The molecule has 4 aromatic rings. The van der Waals surface area contributed by atoms with E-state index < -0.39 is 11.8 Å². The van der Waals surface area contributed by atoms with Crippen LogP contribution in [-0.2, 0) is 0 Å². The highest BCUT2D eigenvalue weighted by Gasteiger charge is 2.15. The predicted molar refractivity (Wildman–Crippen MR) is 129 cm³/mol. The number of rotatable bonds is 5. The Labute approximate surface area is 200 Å². The number of carbonyl (C=O) groups excluding carboxylic acids is 2. The summed E-state index contributed by atoms with van der Waals surface area (Å²) >= 11 is 6.12. The zero-order valence-corrected chi connectivity index (χ0v) is 19.1. The standard InChI is InChI=1S/C24H20ClN7O2/c1-14-6-7-16(22(33)31-32-23(34)21-15(2)4-3-5-17(21)25)12-19(14)30-24-28-9-8-18(29-24)20-13-26-10-11-27-20/h3-13H,1-2H3,(H,31,33)(H,32,34)(H,28,29,30). The SMILES string of the molecule is Cc1ccc(C(=O)NNC(=O)c2c(C)cccc2Cl)cc1Nc1nccc(-c2cnccn2)n1. The third kappa shape index (κ3) is 5.16. The van der Waals surface area contributed by atoms with Crippen LogP contribution in [0.15, 0.2) is 67.3 Å². The molecule has 0 saturated heterocycles. The maximum atomic E-state index is 12.7. The first-order valence-corrected chi connectivity index (χ1v) is 10.6. The molecule has 0 saturated carbocycles. The molecule has 4 rings (SSSR count). The van der Waals surface area contributed by atoms with E-state index in [0.29, 0.717) is 44.7 Å². The van der Waals surface area contributed by atoms with Gasteiger partial charge in [0.15, 0.2) is 0 Å². The highest BCUT2D eigenvalue weighted by molar-refractivity contribution is 6.34. The fourth-order valence-corrected chi connectivity index (χ4v) is 3.49. The second-order valence-corrected chi connectivity index (χ2v) is 7.76. The lowest BCUT2D eigenvalue weighted by Gasteiger charge is -2.13. The van der Waals surface area contributed by atoms with Crippen molar-refractivity contribution in [3.63, 3.8) is 0 Å². The van der Waals surface area contributed by atoms with Gasteiger partial charge in [-0.25, -0.2) is 9.97 Å². The van der Waals surface area contributed by atoms with Gasteiger partial charge in [-0.2, -0.15) is 0 Å². The van der Waals surface area contributed by atoms with E-state index in [2.05, 4.69) is 36.1 Å². The van der Waals surface area contributed by atoms with Gasteiger partial charge in [0.05, 0.1) is 22.5 Å². The summed E-state index contributed by atoms with van der Waals surface area (Å²) in [6.07, 6.45) is 6.39. The van der Waals surface area contributed by atoms with Crippen LogP contribution >= 0.6 is 11.6 Å². The normalized spacial score (nSPS) is 10.4. The molecule has 2 heterocycles. The van der Waals surface area contributed by atoms with E-state index in [4.69, 9.17) is 11.6 Å². The second-order valence-electron chi connectivity index (χ2n) is 7.35. The number of anilines is 2. The lowest BCUT2D eigenvalue weighted by molar-refractivity contribution is 0.0846. The van der Waals surface area contributed by atoms with Crippen LogP contribution in [0.5, 0.6) is 0 Å². The van der Waals surface area contributed by atoms with Gasteiger partial charge in [0.1, 0.15) is 5.69 Å². The summed E-state index contributed by atoms with van der Waals surface area (Å²) in [4.78, 5) is 42.2. The van der Waals surface area contributed by atoms with Crippen molar-refractivity contribution in [3.8, 4) is 11.4 Å². The van der Waals surface area contributed by atoms with Gasteiger partial charge >= 0.3 is 0 Å². The summed E-state index contributed by atoms with van der Waals surface area (Å²) in [5, 5.41) is 3.43. The molecule has 0 aliphatic heterocycles. The zero-order valence-electron chi connectivity index (χ0n) is 18.3. The molecule has 9 nitrogen and oxygen atoms in total. The smallest absolute Gasteiger partial charge is 0.271 e. The maximum absolute atomic E-state index is 12.7. The Morgan fingerprint density at radius 3 is 2.44 bits per heavy atom. The largest absolute Gasteiger partial charge is 0.324 e. The van der Waals surface area contributed by atoms with Crippen molar-refractivity contribution >= 4 is 35.1 Å². The highest BCUT2D eigenvalue weighted by atomic mass is 35.5. The number of hydrazine groups is 1.